The summed E-state index contributed by atoms with van der Waals surface area (Å²) in [5.74, 6) is 0.159. The van der Waals surface area contributed by atoms with Crippen molar-refractivity contribution in [2.75, 3.05) is 0 Å². The highest BCUT2D eigenvalue weighted by molar-refractivity contribution is 6.20. The first-order chi connectivity index (χ1) is 6.63. The van der Waals surface area contributed by atoms with Gasteiger partial charge in [0.25, 0.3) is 0 Å². The van der Waals surface area contributed by atoms with Gasteiger partial charge in [-0.15, -0.1) is 18.2 Å². The third kappa shape index (κ3) is 5.66. The van der Waals surface area contributed by atoms with Gasteiger partial charge in [0.05, 0.1) is 6.10 Å². The van der Waals surface area contributed by atoms with Crippen LogP contribution in [0.25, 0.3) is 0 Å². The van der Waals surface area contributed by atoms with Crippen LogP contribution in [0.5, 0.6) is 0 Å². The molecule has 3 atom stereocenters. The Labute approximate surface area is 93.2 Å². The molecule has 0 aliphatic carbocycles. The van der Waals surface area contributed by atoms with Crippen LogP contribution in [-0.4, -0.2) is 16.6 Å². The Hall–Kier alpha value is -0.0100. The summed E-state index contributed by atoms with van der Waals surface area (Å²) in [5.41, 5.74) is 0. The summed E-state index contributed by atoms with van der Waals surface area (Å²) in [6.07, 6.45) is 6.66. The number of hydrogen-bond donors (Lipinski definition) is 1. The maximum Gasteiger partial charge on any atom is 0.0614 e. The molecule has 0 aromatic carbocycles. The highest BCUT2D eigenvalue weighted by atomic mass is 35.5. The maximum absolute atomic E-state index is 9.69. The fraction of sp³-hybridized carbons (Fsp3) is 0.833. The number of aliphatic hydroxyl groups excluding tert-OH is 1. The molecule has 0 spiro atoms. The fourth-order valence-corrected chi connectivity index (χ4v) is 1.80. The van der Waals surface area contributed by atoms with Crippen molar-refractivity contribution in [3.05, 3.63) is 12.7 Å². The minimum Gasteiger partial charge on any atom is -0.392 e. The molecule has 0 aliphatic heterocycles. The van der Waals surface area contributed by atoms with Crippen LogP contribution in [0.15, 0.2) is 12.7 Å². The minimum absolute atomic E-state index is 0.0940. The second kappa shape index (κ2) is 8.31. The largest absolute Gasteiger partial charge is 0.392 e. The molecule has 0 heterocycles. The molecule has 0 rings (SSSR count). The van der Waals surface area contributed by atoms with Crippen molar-refractivity contribution in [1.29, 1.82) is 0 Å². The Morgan fingerprint density at radius 2 is 2.07 bits per heavy atom. The Bertz CT molecular complexity index is 147. The van der Waals surface area contributed by atoms with Gasteiger partial charge in [-0.05, 0) is 18.8 Å². The Morgan fingerprint density at radius 1 is 1.43 bits per heavy atom. The summed E-state index contributed by atoms with van der Waals surface area (Å²) in [5, 5.41) is 9.78. The number of halogens is 1. The third-order valence-corrected chi connectivity index (χ3v) is 3.28. The van der Waals surface area contributed by atoms with Gasteiger partial charge in [-0.2, -0.15) is 0 Å². The number of aliphatic hydroxyl groups is 1. The van der Waals surface area contributed by atoms with Crippen LogP contribution < -0.4 is 0 Å². The Kier molecular flexibility index (Phi) is 8.30. The fourth-order valence-electron chi connectivity index (χ4n) is 1.48. The minimum atomic E-state index is -0.336. The van der Waals surface area contributed by atoms with Gasteiger partial charge >= 0.3 is 0 Å². The number of alkyl halides is 1. The number of unbranched alkanes of at least 4 members (excludes halogenated alkanes) is 2. The van der Waals surface area contributed by atoms with Gasteiger partial charge in [0.2, 0.25) is 0 Å². The van der Waals surface area contributed by atoms with E-state index in [-0.39, 0.29) is 17.4 Å². The van der Waals surface area contributed by atoms with Crippen LogP contribution in [0.2, 0.25) is 0 Å². The Balaban J connectivity index is 3.73. The van der Waals surface area contributed by atoms with E-state index in [9.17, 15) is 5.11 Å². The molecule has 0 aliphatic rings. The first-order valence-corrected chi connectivity index (χ1v) is 6.00. The van der Waals surface area contributed by atoms with Crippen molar-refractivity contribution in [2.45, 2.75) is 57.4 Å². The van der Waals surface area contributed by atoms with Crippen LogP contribution in [0, 0.1) is 5.92 Å². The van der Waals surface area contributed by atoms with Gasteiger partial charge in [0, 0.05) is 5.38 Å². The highest BCUT2D eigenvalue weighted by Crippen LogP contribution is 2.22. The van der Waals surface area contributed by atoms with Gasteiger partial charge in [-0.3, -0.25) is 0 Å². The van der Waals surface area contributed by atoms with Crippen LogP contribution in [0.3, 0.4) is 0 Å². The van der Waals surface area contributed by atoms with Crippen molar-refractivity contribution in [2.24, 2.45) is 5.92 Å². The van der Waals surface area contributed by atoms with E-state index >= 15 is 0 Å². The topological polar surface area (TPSA) is 20.2 Å². The second-order valence-corrected chi connectivity index (χ2v) is 4.52. The lowest BCUT2D eigenvalue weighted by Crippen LogP contribution is -2.25. The summed E-state index contributed by atoms with van der Waals surface area (Å²) >= 11 is 6.20. The Morgan fingerprint density at radius 3 is 2.57 bits per heavy atom. The molecule has 2 heteroatoms. The smallest absolute Gasteiger partial charge is 0.0614 e. The predicted octanol–water partition coefficient (Wildman–Crippen LogP) is 3.75. The normalized spacial score (nSPS) is 17.4. The molecule has 3 unspecified atom stereocenters. The van der Waals surface area contributed by atoms with Gasteiger partial charge in [0.1, 0.15) is 0 Å². The van der Waals surface area contributed by atoms with Crippen LogP contribution in [0.4, 0.5) is 0 Å². The molecule has 1 N–H and O–H groups in total. The van der Waals surface area contributed by atoms with E-state index in [1.165, 1.54) is 12.8 Å². The molecular weight excluding hydrogens is 196 g/mol. The van der Waals surface area contributed by atoms with Crippen LogP contribution in [-0.2, 0) is 0 Å². The van der Waals surface area contributed by atoms with E-state index in [0.717, 1.165) is 12.8 Å². The molecule has 1 nitrogen and oxygen atoms in total. The van der Waals surface area contributed by atoms with Crippen molar-refractivity contribution in [3.8, 4) is 0 Å². The summed E-state index contributed by atoms with van der Waals surface area (Å²) in [4.78, 5) is 0. The lowest BCUT2D eigenvalue weighted by atomic mass is 9.94. The second-order valence-electron chi connectivity index (χ2n) is 3.96. The molecular formula is C12H23ClO. The zero-order valence-corrected chi connectivity index (χ0v) is 10.1. The van der Waals surface area contributed by atoms with Crippen molar-refractivity contribution in [3.63, 3.8) is 0 Å². The third-order valence-electron chi connectivity index (χ3n) is 2.67. The van der Waals surface area contributed by atoms with E-state index < -0.39 is 0 Å². The zero-order chi connectivity index (χ0) is 11.0. The molecule has 0 saturated heterocycles. The van der Waals surface area contributed by atoms with Gasteiger partial charge < -0.3 is 5.11 Å². The van der Waals surface area contributed by atoms with Crippen LogP contribution in [0.1, 0.15) is 46.0 Å². The first-order valence-electron chi connectivity index (χ1n) is 5.56. The maximum atomic E-state index is 9.69. The van der Waals surface area contributed by atoms with Crippen molar-refractivity contribution in [1.82, 2.24) is 0 Å². The zero-order valence-electron chi connectivity index (χ0n) is 9.38. The van der Waals surface area contributed by atoms with Gasteiger partial charge in [-0.1, -0.05) is 39.2 Å². The molecule has 0 amide bonds. The molecule has 0 aromatic rings. The predicted molar refractivity (Wildman–Crippen MR) is 63.8 cm³/mol. The molecule has 0 saturated carbocycles. The molecule has 84 valence electrons. The van der Waals surface area contributed by atoms with Gasteiger partial charge in [0.15, 0.2) is 0 Å². The highest BCUT2D eigenvalue weighted by Gasteiger charge is 2.20. The lowest BCUT2D eigenvalue weighted by molar-refractivity contribution is 0.115. The molecule has 0 radical (unpaired) electrons. The number of hydrogen-bond acceptors (Lipinski definition) is 1. The molecule has 0 bridgehead atoms. The van der Waals surface area contributed by atoms with Crippen molar-refractivity contribution >= 4 is 11.6 Å². The first kappa shape index (κ1) is 14.0. The van der Waals surface area contributed by atoms with Crippen molar-refractivity contribution < 1.29 is 5.11 Å². The van der Waals surface area contributed by atoms with E-state index in [1.807, 2.05) is 6.92 Å². The summed E-state index contributed by atoms with van der Waals surface area (Å²) in [6, 6.07) is 0. The van der Waals surface area contributed by atoms with Crippen LogP contribution >= 0.6 is 11.6 Å². The monoisotopic (exact) mass is 218 g/mol. The average molecular weight is 219 g/mol. The number of rotatable bonds is 8. The van der Waals surface area contributed by atoms with E-state index in [4.69, 9.17) is 11.6 Å². The summed E-state index contributed by atoms with van der Waals surface area (Å²) in [7, 11) is 0. The molecule has 14 heavy (non-hydrogen) atoms. The van der Waals surface area contributed by atoms with E-state index in [0.29, 0.717) is 6.42 Å². The lowest BCUT2D eigenvalue weighted by Gasteiger charge is -2.22. The van der Waals surface area contributed by atoms with E-state index in [1.54, 1.807) is 6.08 Å². The SMILES string of the molecule is C=CCC(O)C(C)C(Cl)CCCCC. The molecule has 0 fully saturated rings. The summed E-state index contributed by atoms with van der Waals surface area (Å²) < 4.78 is 0. The standard InChI is InChI=1S/C12H23ClO/c1-4-6-7-9-11(13)10(3)12(14)8-5-2/h5,10-12,14H,2,4,6-9H2,1,3H3. The quantitative estimate of drug-likeness (QED) is 0.374. The van der Waals surface area contributed by atoms with Gasteiger partial charge in [-0.25, -0.2) is 0 Å². The molecule has 0 aromatic heterocycles. The van der Waals surface area contributed by atoms with E-state index in [2.05, 4.69) is 13.5 Å². The summed E-state index contributed by atoms with van der Waals surface area (Å²) in [6.45, 7) is 7.81. The average Bonchev–Trinajstić information content (AvgIpc) is 2.17.